The summed E-state index contributed by atoms with van der Waals surface area (Å²) >= 11 is 4.37. The third kappa shape index (κ3) is 4.85. The van der Waals surface area contributed by atoms with Gasteiger partial charge in [0.1, 0.15) is 12.5 Å². The van der Waals surface area contributed by atoms with E-state index in [1.54, 1.807) is 32.0 Å². The van der Waals surface area contributed by atoms with Crippen molar-refractivity contribution < 1.29 is 22.4 Å². The largest absolute Gasteiger partial charge is 0.377 e. The molecule has 1 aromatic heterocycles. The zero-order valence-corrected chi connectivity index (χ0v) is 20.4. The van der Waals surface area contributed by atoms with Gasteiger partial charge in [0, 0.05) is 30.6 Å². The highest BCUT2D eigenvalue weighted by molar-refractivity contribution is 7.93. The lowest BCUT2D eigenvalue weighted by atomic mass is 9.98. The molecule has 1 heterocycles. The van der Waals surface area contributed by atoms with Crippen molar-refractivity contribution in [3.8, 4) is 11.1 Å². The smallest absolute Gasteiger partial charge is 0.268 e. The second-order valence-electron chi connectivity index (χ2n) is 7.24. The number of hydrogen-bond acceptors (Lipinski definition) is 7. The zero-order chi connectivity index (χ0) is 23.3. The molecule has 0 bridgehead atoms. The summed E-state index contributed by atoms with van der Waals surface area (Å²) in [6.07, 6.45) is 0. The highest BCUT2D eigenvalue weighted by atomic mass is 32.2. The number of aromatic nitrogens is 1. The first-order valence-corrected chi connectivity index (χ1v) is 12.3. The number of benzene rings is 2. The minimum Gasteiger partial charge on any atom is -0.377 e. The van der Waals surface area contributed by atoms with E-state index in [0.29, 0.717) is 35.9 Å². The molecule has 2 aromatic carbocycles. The van der Waals surface area contributed by atoms with Crippen LogP contribution in [0.2, 0.25) is 0 Å². The molecule has 9 heteroatoms. The summed E-state index contributed by atoms with van der Waals surface area (Å²) in [6, 6.07) is 12.8. The molecule has 32 heavy (non-hydrogen) atoms. The number of rotatable bonds is 10. The van der Waals surface area contributed by atoms with Gasteiger partial charge < -0.3 is 14.0 Å². The Morgan fingerprint density at radius 2 is 1.88 bits per heavy atom. The number of ether oxygens (including phenoxy) is 2. The molecular weight excluding hydrogens is 448 g/mol. The van der Waals surface area contributed by atoms with Gasteiger partial charge in [-0.2, -0.15) is 12.6 Å². The number of methoxy groups -OCH3 is 1. The van der Waals surface area contributed by atoms with E-state index in [2.05, 4.69) is 17.8 Å². The van der Waals surface area contributed by atoms with Gasteiger partial charge in [0.15, 0.2) is 5.82 Å². The Bertz CT molecular complexity index is 1170. The third-order valence-electron chi connectivity index (χ3n) is 5.17. The van der Waals surface area contributed by atoms with Gasteiger partial charge in [-0.25, -0.2) is 12.7 Å². The molecular formula is C23H28N2O5S2. The minimum atomic E-state index is -4.03. The predicted molar refractivity (Wildman–Crippen MR) is 127 cm³/mol. The molecule has 0 radical (unpaired) electrons. The minimum absolute atomic E-state index is 0.147. The molecule has 172 valence electrons. The molecule has 7 nitrogen and oxygen atoms in total. The van der Waals surface area contributed by atoms with E-state index >= 15 is 0 Å². The lowest BCUT2D eigenvalue weighted by Crippen LogP contribution is -2.34. The average molecular weight is 477 g/mol. The Kier molecular flexibility index (Phi) is 8.00. The van der Waals surface area contributed by atoms with Gasteiger partial charge in [0.2, 0.25) is 0 Å². The standard InChI is InChI=1S/C23H28N2O5S2/c1-5-29-13-19-12-18(14-31)10-11-20(19)21-8-6-7-9-22(21)32(26,27)25(15-28-4)23-16(2)17(3)30-24-23/h6-12,31H,5,13-15H2,1-4H3. The lowest BCUT2D eigenvalue weighted by molar-refractivity contribution is 0.134. The monoisotopic (exact) mass is 476 g/mol. The second kappa shape index (κ2) is 10.5. The summed E-state index contributed by atoms with van der Waals surface area (Å²) in [4.78, 5) is 0.147. The predicted octanol–water partition coefficient (Wildman–Crippen LogP) is 4.72. The molecule has 0 N–H and O–H groups in total. The van der Waals surface area contributed by atoms with Crippen LogP contribution in [0.4, 0.5) is 5.82 Å². The summed E-state index contributed by atoms with van der Waals surface area (Å²) in [5, 5.41) is 3.97. The van der Waals surface area contributed by atoms with Crippen LogP contribution in [0.1, 0.15) is 29.4 Å². The Morgan fingerprint density at radius 3 is 2.50 bits per heavy atom. The van der Waals surface area contributed by atoms with Crippen molar-refractivity contribution in [2.24, 2.45) is 0 Å². The van der Waals surface area contributed by atoms with Crippen LogP contribution in [-0.2, 0) is 31.9 Å². The summed E-state index contributed by atoms with van der Waals surface area (Å²) < 4.78 is 44.9. The van der Waals surface area contributed by atoms with Crippen molar-refractivity contribution in [3.05, 3.63) is 64.9 Å². The highest BCUT2D eigenvalue weighted by Gasteiger charge is 2.32. The van der Waals surface area contributed by atoms with E-state index in [1.807, 2.05) is 31.2 Å². The van der Waals surface area contributed by atoms with Gasteiger partial charge >= 0.3 is 0 Å². The molecule has 3 rings (SSSR count). The molecule has 0 saturated heterocycles. The van der Waals surface area contributed by atoms with E-state index < -0.39 is 10.0 Å². The van der Waals surface area contributed by atoms with Crippen molar-refractivity contribution in [2.45, 2.75) is 38.0 Å². The number of anilines is 1. The first kappa shape index (κ1) is 24.3. The summed E-state index contributed by atoms with van der Waals surface area (Å²) in [7, 11) is -2.59. The third-order valence-corrected chi connectivity index (χ3v) is 7.31. The summed E-state index contributed by atoms with van der Waals surface area (Å²) in [5.74, 6) is 1.33. The molecule has 0 unspecified atom stereocenters. The van der Waals surface area contributed by atoms with Crippen LogP contribution in [-0.4, -0.2) is 34.0 Å². The van der Waals surface area contributed by atoms with Crippen LogP contribution in [0.25, 0.3) is 11.1 Å². The molecule has 0 fully saturated rings. The van der Waals surface area contributed by atoms with E-state index in [4.69, 9.17) is 14.0 Å². The first-order chi connectivity index (χ1) is 15.3. The quantitative estimate of drug-likeness (QED) is 0.337. The first-order valence-electron chi connectivity index (χ1n) is 10.2. The van der Waals surface area contributed by atoms with E-state index in [1.165, 1.54) is 7.11 Å². The summed E-state index contributed by atoms with van der Waals surface area (Å²) in [6.45, 7) is 6.14. The van der Waals surface area contributed by atoms with Crippen LogP contribution in [0.5, 0.6) is 0 Å². The Hall–Kier alpha value is -2.33. The van der Waals surface area contributed by atoms with Gasteiger partial charge in [0.25, 0.3) is 10.0 Å². The van der Waals surface area contributed by atoms with Gasteiger partial charge in [-0.1, -0.05) is 41.6 Å². The van der Waals surface area contributed by atoms with Gasteiger partial charge in [-0.3, -0.25) is 0 Å². The van der Waals surface area contributed by atoms with Crippen molar-refractivity contribution >= 4 is 28.5 Å². The van der Waals surface area contributed by atoms with Crippen molar-refractivity contribution in [3.63, 3.8) is 0 Å². The topological polar surface area (TPSA) is 81.9 Å². The van der Waals surface area contributed by atoms with Crippen LogP contribution >= 0.6 is 12.6 Å². The maximum absolute atomic E-state index is 13.8. The van der Waals surface area contributed by atoms with Gasteiger partial charge in [0.05, 0.1) is 11.5 Å². The second-order valence-corrected chi connectivity index (χ2v) is 9.39. The fraction of sp³-hybridized carbons (Fsp3) is 0.348. The van der Waals surface area contributed by atoms with E-state index in [9.17, 15) is 8.42 Å². The summed E-state index contributed by atoms with van der Waals surface area (Å²) in [5.41, 5.74) is 3.92. The van der Waals surface area contributed by atoms with Crippen LogP contribution in [0.3, 0.4) is 0 Å². The normalized spacial score (nSPS) is 11.7. The SMILES string of the molecule is CCOCc1cc(CS)ccc1-c1ccccc1S(=O)(=O)N(COC)c1noc(C)c1C. The average Bonchev–Trinajstić information content (AvgIpc) is 3.13. The number of aryl methyl sites for hydroxylation is 1. The maximum atomic E-state index is 13.8. The molecule has 0 aliphatic rings. The van der Waals surface area contributed by atoms with Crippen LogP contribution in [0.15, 0.2) is 51.9 Å². The number of hydrogen-bond donors (Lipinski definition) is 1. The molecule has 0 amide bonds. The van der Waals surface area contributed by atoms with Crippen molar-refractivity contribution in [2.75, 3.05) is 24.8 Å². The van der Waals surface area contributed by atoms with Crippen LogP contribution < -0.4 is 4.31 Å². The number of thiol groups is 1. The van der Waals surface area contributed by atoms with Crippen molar-refractivity contribution in [1.29, 1.82) is 0 Å². The lowest BCUT2D eigenvalue weighted by Gasteiger charge is -2.23. The molecule has 0 spiro atoms. The Morgan fingerprint density at radius 1 is 1.12 bits per heavy atom. The molecule has 0 aliphatic heterocycles. The molecule has 0 aliphatic carbocycles. The van der Waals surface area contributed by atoms with E-state index in [-0.39, 0.29) is 17.4 Å². The Labute approximate surface area is 194 Å². The molecule has 3 aromatic rings. The van der Waals surface area contributed by atoms with Gasteiger partial charge in [-0.05, 0) is 43.5 Å². The fourth-order valence-corrected chi connectivity index (χ4v) is 5.16. The van der Waals surface area contributed by atoms with E-state index in [0.717, 1.165) is 21.0 Å². The molecule has 0 atom stereocenters. The van der Waals surface area contributed by atoms with Crippen LogP contribution in [0, 0.1) is 13.8 Å². The fourth-order valence-electron chi connectivity index (χ4n) is 3.37. The Balaban J connectivity index is 2.18. The van der Waals surface area contributed by atoms with Crippen molar-refractivity contribution in [1.82, 2.24) is 5.16 Å². The number of nitrogens with zero attached hydrogens (tertiary/aromatic N) is 2. The molecule has 0 saturated carbocycles. The highest BCUT2D eigenvalue weighted by Crippen LogP contribution is 2.35. The number of sulfonamides is 1. The van der Waals surface area contributed by atoms with Gasteiger partial charge in [-0.15, -0.1) is 0 Å². The maximum Gasteiger partial charge on any atom is 0.268 e. The zero-order valence-electron chi connectivity index (χ0n) is 18.7.